The van der Waals surface area contributed by atoms with E-state index in [2.05, 4.69) is 25.3 Å². The molecule has 0 radical (unpaired) electrons. The Morgan fingerprint density at radius 2 is 2.06 bits per heavy atom. The summed E-state index contributed by atoms with van der Waals surface area (Å²) in [4.78, 5) is 0. The van der Waals surface area contributed by atoms with Crippen LogP contribution in [0.25, 0.3) is 0 Å². The van der Waals surface area contributed by atoms with Gasteiger partial charge in [0.05, 0.1) is 0 Å². The van der Waals surface area contributed by atoms with Gasteiger partial charge in [-0.05, 0) is 32.3 Å². The van der Waals surface area contributed by atoms with E-state index in [0.717, 1.165) is 23.9 Å². The molecule has 0 spiro atoms. The summed E-state index contributed by atoms with van der Waals surface area (Å²) in [7, 11) is 0. The zero-order valence-electron chi connectivity index (χ0n) is 12.3. The Labute approximate surface area is 111 Å². The van der Waals surface area contributed by atoms with Crippen molar-refractivity contribution >= 4 is 0 Å². The monoisotopic (exact) mass is 252 g/mol. The van der Waals surface area contributed by atoms with Crippen molar-refractivity contribution < 1.29 is 4.42 Å². The van der Waals surface area contributed by atoms with Gasteiger partial charge in [0.2, 0.25) is 0 Å². The van der Waals surface area contributed by atoms with E-state index in [1.165, 1.54) is 31.2 Å². The van der Waals surface area contributed by atoms with Gasteiger partial charge in [-0.25, -0.2) is 0 Å². The van der Waals surface area contributed by atoms with Gasteiger partial charge in [0.1, 0.15) is 11.5 Å². The van der Waals surface area contributed by atoms with Gasteiger partial charge in [0.15, 0.2) is 0 Å². The molecule has 1 aromatic heterocycles. The molecule has 104 valence electrons. The van der Waals surface area contributed by atoms with E-state index in [9.17, 15) is 0 Å². The molecule has 18 heavy (non-hydrogen) atoms. The first-order valence-corrected chi connectivity index (χ1v) is 7.15. The van der Waals surface area contributed by atoms with E-state index in [1.54, 1.807) is 0 Å². The number of hydrogen-bond donors (Lipinski definition) is 2. The van der Waals surface area contributed by atoms with Crippen LogP contribution in [0.2, 0.25) is 0 Å². The summed E-state index contributed by atoms with van der Waals surface area (Å²) in [6.45, 7) is 8.51. The quantitative estimate of drug-likeness (QED) is 0.543. The summed E-state index contributed by atoms with van der Waals surface area (Å²) in [6.07, 6.45) is 6.17. The van der Waals surface area contributed by atoms with Crippen LogP contribution in [0.4, 0.5) is 0 Å². The standard InChI is InChI=1S/C15H28N2O/c1-5-7-8-13(6-2)10-15(17-16)14-9-11(3)18-12(14)4/h9,13,15,17H,5-8,10,16H2,1-4H3. The van der Waals surface area contributed by atoms with Crippen molar-refractivity contribution in [1.29, 1.82) is 0 Å². The van der Waals surface area contributed by atoms with Crippen molar-refractivity contribution in [3.63, 3.8) is 0 Å². The molecule has 3 nitrogen and oxygen atoms in total. The average Bonchev–Trinajstić information content (AvgIpc) is 2.69. The van der Waals surface area contributed by atoms with Gasteiger partial charge in [-0.15, -0.1) is 0 Å². The lowest BCUT2D eigenvalue weighted by molar-refractivity contribution is 0.353. The molecule has 0 saturated heterocycles. The lowest BCUT2D eigenvalue weighted by Gasteiger charge is -2.22. The molecule has 3 N–H and O–H groups in total. The minimum Gasteiger partial charge on any atom is -0.466 e. The fourth-order valence-electron chi connectivity index (χ4n) is 2.60. The highest BCUT2D eigenvalue weighted by Gasteiger charge is 2.19. The second-order valence-corrected chi connectivity index (χ2v) is 5.24. The van der Waals surface area contributed by atoms with Crippen molar-refractivity contribution in [3.8, 4) is 0 Å². The van der Waals surface area contributed by atoms with E-state index >= 15 is 0 Å². The Morgan fingerprint density at radius 1 is 1.33 bits per heavy atom. The van der Waals surface area contributed by atoms with Crippen LogP contribution in [0.5, 0.6) is 0 Å². The summed E-state index contributed by atoms with van der Waals surface area (Å²) < 4.78 is 5.60. The molecule has 0 aliphatic rings. The Bertz CT molecular complexity index is 346. The smallest absolute Gasteiger partial charge is 0.105 e. The maximum Gasteiger partial charge on any atom is 0.105 e. The molecule has 0 amide bonds. The molecule has 1 heterocycles. The molecular weight excluding hydrogens is 224 g/mol. The van der Waals surface area contributed by atoms with E-state index in [0.29, 0.717) is 0 Å². The van der Waals surface area contributed by atoms with E-state index in [1.807, 2.05) is 13.8 Å². The van der Waals surface area contributed by atoms with E-state index < -0.39 is 0 Å². The third-order valence-electron chi connectivity index (χ3n) is 3.77. The summed E-state index contributed by atoms with van der Waals surface area (Å²) in [6, 6.07) is 2.32. The molecule has 0 aliphatic carbocycles. The molecule has 0 fully saturated rings. The maximum absolute atomic E-state index is 5.72. The first kappa shape index (κ1) is 15.3. The number of furan rings is 1. The largest absolute Gasteiger partial charge is 0.466 e. The van der Waals surface area contributed by atoms with E-state index in [4.69, 9.17) is 10.3 Å². The van der Waals surface area contributed by atoms with Crippen LogP contribution in [0.1, 0.15) is 69.1 Å². The molecule has 2 atom stereocenters. The van der Waals surface area contributed by atoms with Crippen molar-refractivity contribution in [2.24, 2.45) is 11.8 Å². The van der Waals surface area contributed by atoms with E-state index in [-0.39, 0.29) is 6.04 Å². The van der Waals surface area contributed by atoms with Crippen molar-refractivity contribution in [1.82, 2.24) is 5.43 Å². The number of unbranched alkanes of at least 4 members (excludes halogenated alkanes) is 1. The minimum atomic E-state index is 0.212. The van der Waals surface area contributed by atoms with Crippen LogP contribution in [-0.4, -0.2) is 0 Å². The highest BCUT2D eigenvalue weighted by atomic mass is 16.3. The molecular formula is C15H28N2O. The fourth-order valence-corrected chi connectivity index (χ4v) is 2.60. The number of nitrogens with two attached hydrogens (primary N) is 1. The molecule has 3 heteroatoms. The average molecular weight is 252 g/mol. The van der Waals surface area contributed by atoms with Crippen molar-refractivity contribution in [2.75, 3.05) is 0 Å². The summed E-state index contributed by atoms with van der Waals surface area (Å²) in [5.74, 6) is 8.41. The fraction of sp³-hybridized carbons (Fsp3) is 0.733. The number of rotatable bonds is 8. The summed E-state index contributed by atoms with van der Waals surface area (Å²) in [5, 5.41) is 0. The van der Waals surface area contributed by atoms with Crippen LogP contribution in [0.15, 0.2) is 10.5 Å². The van der Waals surface area contributed by atoms with Crippen molar-refractivity contribution in [2.45, 2.75) is 65.8 Å². The number of hydrazine groups is 1. The number of hydrogen-bond acceptors (Lipinski definition) is 3. The Hall–Kier alpha value is -0.800. The SMILES string of the molecule is CCCCC(CC)CC(NN)c1cc(C)oc1C. The maximum atomic E-state index is 5.72. The van der Waals surface area contributed by atoms with Gasteiger partial charge in [0, 0.05) is 11.6 Å². The predicted octanol–water partition coefficient (Wildman–Crippen LogP) is 4.01. The first-order valence-electron chi connectivity index (χ1n) is 7.15. The first-order chi connectivity index (χ1) is 8.62. The molecule has 0 saturated carbocycles. The highest BCUT2D eigenvalue weighted by molar-refractivity contribution is 5.24. The highest BCUT2D eigenvalue weighted by Crippen LogP contribution is 2.29. The second kappa shape index (κ2) is 7.59. The zero-order valence-corrected chi connectivity index (χ0v) is 12.3. The van der Waals surface area contributed by atoms with Crippen molar-refractivity contribution in [3.05, 3.63) is 23.2 Å². The van der Waals surface area contributed by atoms with Crippen LogP contribution >= 0.6 is 0 Å². The Morgan fingerprint density at radius 3 is 2.50 bits per heavy atom. The zero-order chi connectivity index (χ0) is 13.5. The third-order valence-corrected chi connectivity index (χ3v) is 3.77. The topological polar surface area (TPSA) is 51.2 Å². The van der Waals surface area contributed by atoms with Crippen LogP contribution < -0.4 is 11.3 Å². The molecule has 2 unspecified atom stereocenters. The molecule has 0 aliphatic heterocycles. The molecule has 1 aromatic rings. The van der Waals surface area contributed by atoms with Crippen LogP contribution in [0.3, 0.4) is 0 Å². The lowest BCUT2D eigenvalue weighted by Crippen LogP contribution is -2.29. The van der Waals surface area contributed by atoms with Gasteiger partial charge < -0.3 is 4.42 Å². The van der Waals surface area contributed by atoms with Gasteiger partial charge in [-0.2, -0.15) is 0 Å². The number of nitrogens with one attached hydrogen (secondary N) is 1. The van der Waals surface area contributed by atoms with Crippen LogP contribution in [0, 0.1) is 19.8 Å². The second-order valence-electron chi connectivity index (χ2n) is 5.24. The van der Waals surface area contributed by atoms with Crippen LogP contribution in [-0.2, 0) is 0 Å². The Balaban J connectivity index is 2.68. The number of aryl methyl sites for hydroxylation is 2. The molecule has 0 aromatic carbocycles. The van der Waals surface area contributed by atoms with Gasteiger partial charge in [0.25, 0.3) is 0 Å². The summed E-state index contributed by atoms with van der Waals surface area (Å²) >= 11 is 0. The third kappa shape index (κ3) is 4.14. The predicted molar refractivity (Wildman–Crippen MR) is 76.2 cm³/mol. The summed E-state index contributed by atoms with van der Waals surface area (Å²) in [5.41, 5.74) is 4.17. The van der Waals surface area contributed by atoms with Gasteiger partial charge in [-0.1, -0.05) is 39.5 Å². The van der Waals surface area contributed by atoms with Gasteiger partial charge >= 0.3 is 0 Å². The Kier molecular flexibility index (Phi) is 6.44. The molecule has 1 rings (SSSR count). The lowest BCUT2D eigenvalue weighted by atomic mass is 9.89. The van der Waals surface area contributed by atoms with Gasteiger partial charge in [-0.3, -0.25) is 11.3 Å². The normalized spacial score (nSPS) is 14.7. The minimum absolute atomic E-state index is 0.212. The molecule has 0 bridgehead atoms.